The molecule has 0 radical (unpaired) electrons. The van der Waals surface area contributed by atoms with Crippen molar-refractivity contribution in [3.8, 4) is 0 Å². The number of aromatic nitrogens is 2. The Balaban J connectivity index is 2.13. The van der Waals surface area contributed by atoms with Gasteiger partial charge in [-0.1, -0.05) is 0 Å². The number of hydrogen-bond donors (Lipinski definition) is 0. The molecular weight excluding hydrogens is 326 g/mol. The van der Waals surface area contributed by atoms with Crippen LogP contribution < -0.4 is 0 Å². The zero-order chi connectivity index (χ0) is 13.8. The van der Waals surface area contributed by atoms with Gasteiger partial charge >= 0.3 is 0 Å². The van der Waals surface area contributed by atoms with E-state index in [1.54, 1.807) is 16.0 Å². The summed E-state index contributed by atoms with van der Waals surface area (Å²) in [7, 11) is 6.01. The second-order valence-corrected chi connectivity index (χ2v) is 7.10. The highest BCUT2D eigenvalue weighted by molar-refractivity contribution is 9.11. The van der Waals surface area contributed by atoms with E-state index in [-0.39, 0.29) is 6.10 Å². The summed E-state index contributed by atoms with van der Waals surface area (Å²) < 4.78 is 8.94. The van der Waals surface area contributed by atoms with Crippen molar-refractivity contribution in [2.24, 2.45) is 7.05 Å². The Morgan fingerprint density at radius 2 is 2.21 bits per heavy atom. The first-order valence-electron chi connectivity index (χ1n) is 6.07. The molecule has 4 nitrogen and oxygen atoms in total. The predicted octanol–water partition coefficient (Wildman–Crippen LogP) is 2.91. The molecule has 2 rings (SSSR count). The van der Waals surface area contributed by atoms with Crippen LogP contribution >= 0.6 is 27.3 Å². The Morgan fingerprint density at radius 1 is 1.42 bits per heavy atom. The van der Waals surface area contributed by atoms with Crippen LogP contribution in [0.3, 0.4) is 0 Å². The fourth-order valence-corrected chi connectivity index (χ4v) is 3.19. The maximum atomic E-state index is 6.02. The third-order valence-corrected chi connectivity index (χ3v) is 4.35. The molecule has 6 heteroatoms. The Hall–Kier alpha value is -0.690. The van der Waals surface area contributed by atoms with Crippen molar-refractivity contribution >= 4 is 27.3 Å². The second kappa shape index (κ2) is 6.65. The molecule has 0 aromatic carbocycles. The Bertz CT molecular complexity index is 483. The van der Waals surface area contributed by atoms with Gasteiger partial charge in [0.15, 0.2) is 0 Å². The summed E-state index contributed by atoms with van der Waals surface area (Å²) in [4.78, 5) is 3.28. The first kappa shape index (κ1) is 14.7. The van der Waals surface area contributed by atoms with E-state index in [9.17, 15) is 0 Å². The SMILES string of the molecule is CN(C)CCOC(c1ccn(C)n1)c1ccc(Br)s1. The lowest BCUT2D eigenvalue weighted by atomic mass is 10.2. The zero-order valence-corrected chi connectivity index (χ0v) is 13.7. The summed E-state index contributed by atoms with van der Waals surface area (Å²) in [6.45, 7) is 1.58. The quantitative estimate of drug-likeness (QED) is 0.807. The van der Waals surface area contributed by atoms with E-state index < -0.39 is 0 Å². The number of halogens is 1. The van der Waals surface area contributed by atoms with Crippen molar-refractivity contribution in [3.05, 3.63) is 38.8 Å². The van der Waals surface area contributed by atoms with Crippen molar-refractivity contribution in [1.29, 1.82) is 0 Å². The standard InChI is InChI=1S/C13H18BrN3OS/c1-16(2)8-9-18-13(10-6-7-17(3)15-10)11-4-5-12(14)19-11/h4-7,13H,8-9H2,1-3H3. The lowest BCUT2D eigenvalue weighted by molar-refractivity contribution is 0.0679. The molecule has 2 heterocycles. The van der Waals surface area contributed by atoms with Crippen LogP contribution in [0.1, 0.15) is 16.7 Å². The molecule has 0 aliphatic heterocycles. The molecule has 2 aromatic heterocycles. The fraction of sp³-hybridized carbons (Fsp3) is 0.462. The molecule has 104 valence electrons. The maximum absolute atomic E-state index is 6.02. The van der Waals surface area contributed by atoms with Gasteiger partial charge in [-0.3, -0.25) is 4.68 Å². The van der Waals surface area contributed by atoms with Crippen molar-refractivity contribution in [2.45, 2.75) is 6.10 Å². The van der Waals surface area contributed by atoms with Gasteiger partial charge in [0, 0.05) is 24.7 Å². The van der Waals surface area contributed by atoms with Crippen molar-refractivity contribution in [1.82, 2.24) is 14.7 Å². The van der Waals surface area contributed by atoms with E-state index >= 15 is 0 Å². The molecule has 2 aromatic rings. The van der Waals surface area contributed by atoms with Crippen LogP contribution in [0, 0.1) is 0 Å². The number of likely N-dealkylation sites (N-methyl/N-ethyl adjacent to an activating group) is 1. The summed E-state index contributed by atoms with van der Waals surface area (Å²) in [5.41, 5.74) is 0.954. The number of thiophene rings is 1. The van der Waals surface area contributed by atoms with Crippen LogP contribution in [0.15, 0.2) is 28.2 Å². The third-order valence-electron chi connectivity index (χ3n) is 2.68. The van der Waals surface area contributed by atoms with E-state index in [4.69, 9.17) is 4.74 Å². The summed E-state index contributed by atoms with van der Waals surface area (Å²) in [6, 6.07) is 6.14. The summed E-state index contributed by atoms with van der Waals surface area (Å²) in [5, 5.41) is 4.46. The molecule has 0 spiro atoms. The molecule has 0 aliphatic carbocycles. The highest BCUT2D eigenvalue weighted by Gasteiger charge is 2.19. The summed E-state index contributed by atoms with van der Waals surface area (Å²) in [5.74, 6) is 0. The van der Waals surface area contributed by atoms with Crippen LogP contribution in [0.25, 0.3) is 0 Å². The van der Waals surface area contributed by atoms with Gasteiger partial charge in [0.25, 0.3) is 0 Å². The van der Waals surface area contributed by atoms with Gasteiger partial charge < -0.3 is 9.64 Å². The zero-order valence-electron chi connectivity index (χ0n) is 11.3. The van der Waals surface area contributed by atoms with E-state index in [2.05, 4.69) is 32.0 Å². The smallest absolute Gasteiger partial charge is 0.135 e. The molecule has 0 aliphatic rings. The van der Waals surface area contributed by atoms with Gasteiger partial charge in [0.05, 0.1) is 16.1 Å². The Kier molecular flexibility index (Phi) is 5.15. The van der Waals surface area contributed by atoms with Crippen LogP contribution in [0.2, 0.25) is 0 Å². The number of hydrogen-bond acceptors (Lipinski definition) is 4. The van der Waals surface area contributed by atoms with E-state index in [0.717, 1.165) is 16.0 Å². The molecule has 1 unspecified atom stereocenters. The average molecular weight is 344 g/mol. The largest absolute Gasteiger partial charge is 0.365 e. The first-order chi connectivity index (χ1) is 9.06. The Labute approximate surface area is 126 Å². The second-order valence-electron chi connectivity index (χ2n) is 4.61. The highest BCUT2D eigenvalue weighted by atomic mass is 79.9. The molecule has 0 fully saturated rings. The molecule has 0 saturated carbocycles. The molecule has 0 N–H and O–H groups in total. The van der Waals surface area contributed by atoms with Crippen LogP contribution in [-0.2, 0) is 11.8 Å². The molecule has 1 atom stereocenters. The van der Waals surface area contributed by atoms with E-state index in [1.807, 2.05) is 39.5 Å². The minimum atomic E-state index is -0.0857. The first-order valence-corrected chi connectivity index (χ1v) is 7.68. The minimum Gasteiger partial charge on any atom is -0.365 e. The van der Waals surface area contributed by atoms with Gasteiger partial charge in [-0.2, -0.15) is 5.10 Å². The van der Waals surface area contributed by atoms with Crippen molar-refractivity contribution in [2.75, 3.05) is 27.2 Å². The summed E-state index contributed by atoms with van der Waals surface area (Å²) in [6.07, 6.45) is 1.86. The molecular formula is C13H18BrN3OS. The third kappa shape index (κ3) is 4.14. The van der Waals surface area contributed by atoms with Gasteiger partial charge in [-0.05, 0) is 48.2 Å². The maximum Gasteiger partial charge on any atom is 0.135 e. The number of aryl methyl sites for hydroxylation is 1. The fourth-order valence-electron chi connectivity index (χ4n) is 1.71. The normalized spacial score (nSPS) is 13.1. The van der Waals surface area contributed by atoms with Gasteiger partial charge in [0.2, 0.25) is 0 Å². The number of ether oxygens (including phenoxy) is 1. The van der Waals surface area contributed by atoms with Crippen molar-refractivity contribution in [3.63, 3.8) is 0 Å². The molecule has 0 amide bonds. The van der Waals surface area contributed by atoms with Gasteiger partial charge in [0.1, 0.15) is 6.10 Å². The van der Waals surface area contributed by atoms with Crippen LogP contribution in [0.4, 0.5) is 0 Å². The lowest BCUT2D eigenvalue weighted by Gasteiger charge is -2.16. The number of nitrogens with zero attached hydrogens (tertiary/aromatic N) is 3. The monoisotopic (exact) mass is 343 g/mol. The highest BCUT2D eigenvalue weighted by Crippen LogP contribution is 2.32. The molecule has 0 saturated heterocycles. The average Bonchev–Trinajstić information content (AvgIpc) is 2.94. The molecule has 0 bridgehead atoms. The predicted molar refractivity (Wildman–Crippen MR) is 81.6 cm³/mol. The van der Waals surface area contributed by atoms with E-state index in [0.29, 0.717) is 6.61 Å². The van der Waals surface area contributed by atoms with E-state index in [1.165, 1.54) is 4.88 Å². The van der Waals surface area contributed by atoms with Gasteiger partial charge in [-0.25, -0.2) is 0 Å². The lowest BCUT2D eigenvalue weighted by Crippen LogP contribution is -2.20. The Morgan fingerprint density at radius 3 is 2.74 bits per heavy atom. The minimum absolute atomic E-state index is 0.0857. The van der Waals surface area contributed by atoms with Crippen molar-refractivity contribution < 1.29 is 4.74 Å². The van der Waals surface area contributed by atoms with Crippen LogP contribution in [0.5, 0.6) is 0 Å². The summed E-state index contributed by atoms with van der Waals surface area (Å²) >= 11 is 5.19. The van der Waals surface area contributed by atoms with Crippen LogP contribution in [-0.4, -0.2) is 41.9 Å². The number of rotatable bonds is 6. The molecule has 19 heavy (non-hydrogen) atoms. The topological polar surface area (TPSA) is 30.3 Å². The van der Waals surface area contributed by atoms with Gasteiger partial charge in [-0.15, -0.1) is 11.3 Å².